The van der Waals surface area contributed by atoms with E-state index in [2.05, 4.69) is 21.2 Å². The highest BCUT2D eigenvalue weighted by atomic mass is 79.9. The minimum absolute atomic E-state index is 0.0585. The normalized spacial score (nSPS) is 12.6. The van der Waals surface area contributed by atoms with E-state index in [1.165, 1.54) is 12.1 Å². The first-order valence-corrected chi connectivity index (χ1v) is 11.2. The van der Waals surface area contributed by atoms with Crippen molar-refractivity contribution in [1.29, 1.82) is 0 Å². The fourth-order valence-electron chi connectivity index (χ4n) is 3.10. The van der Waals surface area contributed by atoms with Crippen LogP contribution in [-0.4, -0.2) is 20.6 Å². The van der Waals surface area contributed by atoms with Gasteiger partial charge in [-0.3, -0.25) is 0 Å². The molecule has 2 N–H and O–H groups in total. The van der Waals surface area contributed by atoms with Crippen LogP contribution < -0.4 is 9.50 Å². The molecule has 1 atom stereocenters. The summed E-state index contributed by atoms with van der Waals surface area (Å²) in [7, 11) is -2.21. The van der Waals surface area contributed by atoms with Crippen LogP contribution in [0, 0.1) is 6.92 Å². The molecule has 3 aromatic rings. The summed E-state index contributed by atoms with van der Waals surface area (Å²) in [5, 5.41) is 14.2. The Hall–Kier alpha value is -2.19. The molecule has 7 heteroatoms. The molecule has 3 rings (SSSR count). The molecule has 0 spiro atoms. The maximum Gasteiger partial charge on any atom is 0.339 e. The third-order valence-corrected chi connectivity index (χ3v) is 6.26. The van der Waals surface area contributed by atoms with E-state index in [9.17, 15) is 13.5 Å². The van der Waals surface area contributed by atoms with Crippen molar-refractivity contribution >= 4 is 26.0 Å². The summed E-state index contributed by atoms with van der Waals surface area (Å²) in [5.41, 5.74) is 2.58. The van der Waals surface area contributed by atoms with Crippen molar-refractivity contribution in [2.75, 3.05) is 7.05 Å². The van der Waals surface area contributed by atoms with Gasteiger partial charge in [-0.2, -0.15) is 8.42 Å². The van der Waals surface area contributed by atoms with Crippen LogP contribution in [0.1, 0.15) is 28.4 Å². The molecular formula is C22H22BrNO4S. The van der Waals surface area contributed by atoms with Crippen LogP contribution in [0.2, 0.25) is 0 Å². The summed E-state index contributed by atoms with van der Waals surface area (Å²) in [4.78, 5) is 0.0585. The molecule has 5 nitrogen and oxygen atoms in total. The molecule has 0 aliphatic heterocycles. The van der Waals surface area contributed by atoms with Crippen molar-refractivity contribution in [3.05, 3.63) is 93.5 Å². The number of aliphatic hydroxyl groups is 1. The lowest BCUT2D eigenvalue weighted by atomic mass is 9.95. The summed E-state index contributed by atoms with van der Waals surface area (Å²) in [6.45, 7) is 2.30. The number of hydrogen-bond acceptors (Lipinski definition) is 5. The Kier molecular flexibility index (Phi) is 6.74. The highest BCUT2D eigenvalue weighted by molar-refractivity contribution is 9.10. The fraction of sp³-hybridized carbons (Fsp3) is 0.182. The number of nitrogens with one attached hydrogen (secondary N) is 1. The molecule has 0 heterocycles. The number of hydrogen-bond donors (Lipinski definition) is 2. The topological polar surface area (TPSA) is 75.6 Å². The van der Waals surface area contributed by atoms with Gasteiger partial charge in [0.15, 0.2) is 5.75 Å². The zero-order valence-electron chi connectivity index (χ0n) is 16.1. The van der Waals surface area contributed by atoms with Crippen LogP contribution in [0.5, 0.6) is 5.75 Å². The molecular weight excluding hydrogens is 454 g/mol. The second-order valence-corrected chi connectivity index (χ2v) is 9.08. The van der Waals surface area contributed by atoms with Gasteiger partial charge in [-0.15, -0.1) is 0 Å². The molecule has 0 saturated carbocycles. The van der Waals surface area contributed by atoms with Crippen molar-refractivity contribution in [2.45, 2.75) is 24.5 Å². The second-order valence-electron chi connectivity index (χ2n) is 6.62. The minimum Gasteiger partial charge on any atom is -0.384 e. The lowest BCUT2D eigenvalue weighted by Crippen LogP contribution is -2.15. The van der Waals surface area contributed by atoms with Gasteiger partial charge in [0.25, 0.3) is 0 Å². The molecule has 0 aliphatic carbocycles. The molecule has 0 aliphatic rings. The van der Waals surface area contributed by atoms with Gasteiger partial charge in [-0.1, -0.05) is 58.4 Å². The van der Waals surface area contributed by atoms with E-state index in [0.717, 1.165) is 10.0 Å². The Morgan fingerprint density at radius 3 is 2.45 bits per heavy atom. The van der Waals surface area contributed by atoms with Crippen LogP contribution >= 0.6 is 15.9 Å². The van der Waals surface area contributed by atoms with Gasteiger partial charge in [0.1, 0.15) is 11.0 Å². The molecule has 0 amide bonds. The van der Waals surface area contributed by atoms with Crippen molar-refractivity contribution in [3.8, 4) is 5.75 Å². The standard InChI is InChI=1S/C22H22BrNO4S/c1-15-7-6-10-20(21(25)19-12-11-17(23)13-16(19)14-24-2)22(15)28-29(26,27)18-8-4-3-5-9-18/h3-13,21,24-25H,14H2,1-2H3. The highest BCUT2D eigenvalue weighted by Crippen LogP contribution is 2.36. The van der Waals surface area contributed by atoms with Crippen molar-refractivity contribution in [3.63, 3.8) is 0 Å². The van der Waals surface area contributed by atoms with Crippen LogP contribution in [0.3, 0.4) is 0 Å². The van der Waals surface area contributed by atoms with Gasteiger partial charge >= 0.3 is 10.1 Å². The Bertz CT molecular complexity index is 1100. The molecule has 0 aromatic heterocycles. The average molecular weight is 476 g/mol. The van der Waals surface area contributed by atoms with E-state index in [1.807, 2.05) is 25.2 Å². The quantitative estimate of drug-likeness (QED) is 0.497. The third-order valence-electron chi connectivity index (χ3n) is 4.53. The molecule has 0 bridgehead atoms. The predicted octanol–water partition coefficient (Wildman–Crippen LogP) is 4.33. The Labute approximate surface area is 179 Å². The first-order chi connectivity index (χ1) is 13.8. The van der Waals surface area contributed by atoms with Gasteiger partial charge in [0.05, 0.1) is 0 Å². The van der Waals surface area contributed by atoms with Gasteiger partial charge in [-0.25, -0.2) is 0 Å². The molecule has 0 saturated heterocycles. The summed E-state index contributed by atoms with van der Waals surface area (Å²) in [6, 6.07) is 18.7. The molecule has 152 valence electrons. The van der Waals surface area contributed by atoms with Gasteiger partial charge in [0, 0.05) is 16.6 Å². The molecule has 29 heavy (non-hydrogen) atoms. The van der Waals surface area contributed by atoms with E-state index < -0.39 is 16.2 Å². The lowest BCUT2D eigenvalue weighted by Gasteiger charge is -2.20. The summed E-state index contributed by atoms with van der Waals surface area (Å²) >= 11 is 3.45. The minimum atomic E-state index is -4.03. The third kappa shape index (κ3) is 4.87. The molecule has 1 unspecified atom stereocenters. The van der Waals surface area contributed by atoms with E-state index in [4.69, 9.17) is 4.18 Å². The number of para-hydroxylation sites is 1. The maximum absolute atomic E-state index is 12.8. The van der Waals surface area contributed by atoms with Crippen LogP contribution in [0.4, 0.5) is 0 Å². The predicted molar refractivity (Wildman–Crippen MR) is 116 cm³/mol. The van der Waals surface area contributed by atoms with Gasteiger partial charge in [-0.05, 0) is 54.9 Å². The first kappa shape index (κ1) is 21.5. The number of aryl methyl sites for hydroxylation is 1. The van der Waals surface area contributed by atoms with Gasteiger partial charge in [0.2, 0.25) is 0 Å². The maximum atomic E-state index is 12.8. The fourth-order valence-corrected chi connectivity index (χ4v) is 4.54. The van der Waals surface area contributed by atoms with Crippen LogP contribution in [-0.2, 0) is 16.7 Å². The average Bonchev–Trinajstić information content (AvgIpc) is 2.70. The van der Waals surface area contributed by atoms with Gasteiger partial charge < -0.3 is 14.6 Å². The Morgan fingerprint density at radius 2 is 1.76 bits per heavy atom. The second kappa shape index (κ2) is 9.09. The van der Waals surface area contributed by atoms with Crippen LogP contribution in [0.25, 0.3) is 0 Å². The van der Waals surface area contributed by atoms with Crippen molar-refractivity contribution < 1.29 is 17.7 Å². The number of benzene rings is 3. The largest absolute Gasteiger partial charge is 0.384 e. The first-order valence-electron chi connectivity index (χ1n) is 9.03. The Balaban J connectivity index is 2.05. The zero-order valence-corrected chi connectivity index (χ0v) is 18.5. The smallest absolute Gasteiger partial charge is 0.339 e. The number of aliphatic hydroxyl groups excluding tert-OH is 1. The van der Waals surface area contributed by atoms with Crippen molar-refractivity contribution in [2.24, 2.45) is 0 Å². The molecule has 0 fully saturated rings. The van der Waals surface area contributed by atoms with E-state index in [1.54, 1.807) is 43.3 Å². The lowest BCUT2D eigenvalue weighted by molar-refractivity contribution is 0.216. The van der Waals surface area contributed by atoms with Crippen molar-refractivity contribution in [1.82, 2.24) is 5.32 Å². The summed E-state index contributed by atoms with van der Waals surface area (Å²) in [5.74, 6) is 0.141. The highest BCUT2D eigenvalue weighted by Gasteiger charge is 2.24. The Morgan fingerprint density at radius 1 is 1.03 bits per heavy atom. The summed E-state index contributed by atoms with van der Waals surface area (Å²) in [6.07, 6.45) is -1.05. The number of rotatable bonds is 7. The monoisotopic (exact) mass is 475 g/mol. The SMILES string of the molecule is CNCc1cc(Br)ccc1C(O)c1cccc(C)c1OS(=O)(=O)c1ccccc1. The van der Waals surface area contributed by atoms with E-state index >= 15 is 0 Å². The van der Waals surface area contributed by atoms with E-state index in [0.29, 0.717) is 23.2 Å². The number of halogens is 1. The van der Waals surface area contributed by atoms with Crippen LogP contribution in [0.15, 0.2) is 76.1 Å². The zero-order chi connectivity index (χ0) is 21.0. The summed E-state index contributed by atoms with van der Waals surface area (Å²) < 4.78 is 31.9. The molecule has 0 radical (unpaired) electrons. The van der Waals surface area contributed by atoms with E-state index in [-0.39, 0.29) is 10.6 Å². The molecule has 3 aromatic carbocycles.